The molecule has 1 aromatic rings. The lowest BCUT2D eigenvalue weighted by molar-refractivity contribution is 0.181. The zero-order chi connectivity index (χ0) is 15.4. The van der Waals surface area contributed by atoms with Gasteiger partial charge in [-0.1, -0.05) is 20.8 Å². The van der Waals surface area contributed by atoms with E-state index >= 15 is 0 Å². The maximum absolute atomic E-state index is 5.33. The van der Waals surface area contributed by atoms with E-state index in [1.54, 1.807) is 7.11 Å². The van der Waals surface area contributed by atoms with Crippen LogP contribution in [0.1, 0.15) is 57.5 Å². The van der Waals surface area contributed by atoms with Gasteiger partial charge < -0.3 is 15.0 Å². The van der Waals surface area contributed by atoms with E-state index in [9.17, 15) is 0 Å². The van der Waals surface area contributed by atoms with Crippen molar-refractivity contribution in [1.82, 2.24) is 10.3 Å². The van der Waals surface area contributed by atoms with E-state index in [2.05, 4.69) is 37.9 Å². The molecule has 120 valence electrons. The van der Waals surface area contributed by atoms with Crippen LogP contribution in [0.5, 0.6) is 0 Å². The summed E-state index contributed by atoms with van der Waals surface area (Å²) in [5.74, 6) is 0. The largest absolute Gasteiger partial charge is 0.378 e. The van der Waals surface area contributed by atoms with Crippen LogP contribution in [0.2, 0.25) is 0 Å². The van der Waals surface area contributed by atoms with Gasteiger partial charge in [-0.25, -0.2) is 4.98 Å². The minimum atomic E-state index is 0.486. The van der Waals surface area contributed by atoms with E-state index < -0.39 is 0 Å². The van der Waals surface area contributed by atoms with E-state index in [0.717, 1.165) is 12.2 Å². The Labute approximate surface area is 132 Å². The van der Waals surface area contributed by atoms with Gasteiger partial charge in [-0.15, -0.1) is 11.3 Å². The van der Waals surface area contributed by atoms with Crippen LogP contribution >= 0.6 is 11.3 Å². The Morgan fingerprint density at radius 3 is 2.81 bits per heavy atom. The molecule has 0 spiro atoms. The van der Waals surface area contributed by atoms with Gasteiger partial charge in [0.15, 0.2) is 5.13 Å². The number of aromatic nitrogens is 1. The molecule has 1 saturated heterocycles. The van der Waals surface area contributed by atoms with Crippen molar-refractivity contribution < 1.29 is 4.74 Å². The molecular formula is C16H29N3OS. The average Bonchev–Trinajstić information content (AvgIpc) is 3.00. The number of thiazole rings is 1. The fourth-order valence-corrected chi connectivity index (χ4v) is 4.17. The number of nitrogens with one attached hydrogen (secondary N) is 1. The molecule has 0 aliphatic carbocycles. The molecule has 21 heavy (non-hydrogen) atoms. The molecule has 0 saturated carbocycles. The van der Waals surface area contributed by atoms with Crippen LogP contribution in [0, 0.1) is 0 Å². The summed E-state index contributed by atoms with van der Waals surface area (Å²) < 4.78 is 5.33. The van der Waals surface area contributed by atoms with E-state index in [1.807, 2.05) is 11.3 Å². The normalized spacial score (nSPS) is 22.5. The number of ether oxygens (including phenoxy) is 1. The van der Waals surface area contributed by atoms with Crippen LogP contribution in [-0.4, -0.2) is 30.2 Å². The molecule has 1 aromatic heterocycles. The van der Waals surface area contributed by atoms with Crippen molar-refractivity contribution in [3.63, 3.8) is 0 Å². The van der Waals surface area contributed by atoms with Gasteiger partial charge in [0.2, 0.25) is 0 Å². The maximum atomic E-state index is 5.33. The molecule has 0 radical (unpaired) electrons. The van der Waals surface area contributed by atoms with Gasteiger partial charge in [-0.2, -0.15) is 0 Å². The van der Waals surface area contributed by atoms with Crippen LogP contribution in [0.25, 0.3) is 0 Å². The monoisotopic (exact) mass is 311 g/mol. The first-order valence-corrected chi connectivity index (χ1v) is 8.87. The Morgan fingerprint density at radius 2 is 2.19 bits per heavy atom. The zero-order valence-electron chi connectivity index (χ0n) is 14.0. The Kier molecular flexibility index (Phi) is 6.02. The average molecular weight is 311 g/mol. The van der Waals surface area contributed by atoms with E-state index in [0.29, 0.717) is 24.7 Å². The first-order chi connectivity index (χ1) is 10.1. The van der Waals surface area contributed by atoms with Crippen molar-refractivity contribution in [2.24, 2.45) is 0 Å². The van der Waals surface area contributed by atoms with E-state index in [1.165, 1.54) is 29.3 Å². The molecule has 5 heteroatoms. The van der Waals surface area contributed by atoms with Crippen LogP contribution in [-0.2, 0) is 17.9 Å². The predicted molar refractivity (Wildman–Crippen MR) is 90.1 cm³/mol. The molecule has 0 bridgehead atoms. The first-order valence-electron chi connectivity index (χ1n) is 8.06. The Hall–Kier alpha value is -0.650. The van der Waals surface area contributed by atoms with Crippen LogP contribution in [0.3, 0.4) is 0 Å². The second kappa shape index (κ2) is 7.56. The van der Waals surface area contributed by atoms with Gasteiger partial charge in [0.25, 0.3) is 0 Å². The number of rotatable bonds is 7. The number of nitrogens with zero attached hydrogens (tertiary/aromatic N) is 2. The quantitative estimate of drug-likeness (QED) is 0.835. The number of hydrogen-bond donors (Lipinski definition) is 1. The lowest BCUT2D eigenvalue weighted by Gasteiger charge is -2.27. The Bertz CT molecular complexity index is 447. The van der Waals surface area contributed by atoms with Crippen LogP contribution in [0.4, 0.5) is 5.13 Å². The minimum Gasteiger partial charge on any atom is -0.378 e. The van der Waals surface area contributed by atoms with Gasteiger partial charge in [0, 0.05) is 36.7 Å². The molecule has 1 aliphatic heterocycles. The second-order valence-corrected chi connectivity index (χ2v) is 7.29. The van der Waals surface area contributed by atoms with Crippen molar-refractivity contribution in [2.45, 2.75) is 78.2 Å². The predicted octanol–water partition coefficient (Wildman–Crippen LogP) is 3.55. The minimum absolute atomic E-state index is 0.486. The lowest BCUT2D eigenvalue weighted by Crippen LogP contribution is -2.33. The molecule has 2 heterocycles. The summed E-state index contributed by atoms with van der Waals surface area (Å²) in [6, 6.07) is 1.73. The van der Waals surface area contributed by atoms with Crippen LogP contribution < -0.4 is 10.2 Å². The van der Waals surface area contributed by atoms with Gasteiger partial charge in [-0.3, -0.25) is 0 Å². The second-order valence-electron chi connectivity index (χ2n) is 6.23. The standard InChI is InChI=1S/C16H29N3OS/c1-6-13-8-7-12(4)19(13)16-18-14(10-20-5)15(21-16)9-17-11(2)3/h11-13,17H,6-10H2,1-5H3. The van der Waals surface area contributed by atoms with Gasteiger partial charge in [-0.05, 0) is 26.2 Å². The van der Waals surface area contributed by atoms with Gasteiger partial charge in [0.1, 0.15) is 0 Å². The van der Waals surface area contributed by atoms with Crippen molar-refractivity contribution in [1.29, 1.82) is 0 Å². The summed E-state index contributed by atoms with van der Waals surface area (Å²) in [5.41, 5.74) is 1.10. The number of methoxy groups -OCH3 is 1. The molecule has 0 aromatic carbocycles. The summed E-state index contributed by atoms with van der Waals surface area (Å²) in [6.07, 6.45) is 3.76. The zero-order valence-corrected chi connectivity index (χ0v) is 14.8. The molecule has 1 aliphatic rings. The molecule has 2 unspecified atom stereocenters. The summed E-state index contributed by atoms with van der Waals surface area (Å²) in [5, 5.41) is 4.68. The van der Waals surface area contributed by atoms with Gasteiger partial charge in [0.05, 0.1) is 12.3 Å². The topological polar surface area (TPSA) is 37.4 Å². The third kappa shape index (κ3) is 3.96. The maximum Gasteiger partial charge on any atom is 0.186 e. The van der Waals surface area contributed by atoms with E-state index in [-0.39, 0.29) is 0 Å². The Balaban J connectivity index is 2.21. The number of anilines is 1. The summed E-state index contributed by atoms with van der Waals surface area (Å²) in [6.45, 7) is 10.4. The van der Waals surface area contributed by atoms with Crippen molar-refractivity contribution in [2.75, 3.05) is 12.0 Å². The highest BCUT2D eigenvalue weighted by atomic mass is 32.1. The Morgan fingerprint density at radius 1 is 1.43 bits per heavy atom. The molecule has 2 atom stereocenters. The number of hydrogen-bond acceptors (Lipinski definition) is 5. The van der Waals surface area contributed by atoms with Crippen molar-refractivity contribution >= 4 is 16.5 Å². The summed E-state index contributed by atoms with van der Waals surface area (Å²) in [7, 11) is 1.74. The molecule has 1 fully saturated rings. The van der Waals surface area contributed by atoms with E-state index in [4.69, 9.17) is 9.72 Å². The molecule has 2 rings (SSSR count). The fraction of sp³-hybridized carbons (Fsp3) is 0.812. The highest BCUT2D eigenvalue weighted by Gasteiger charge is 2.32. The lowest BCUT2D eigenvalue weighted by atomic mass is 10.2. The molecule has 1 N–H and O–H groups in total. The van der Waals surface area contributed by atoms with Crippen LogP contribution in [0.15, 0.2) is 0 Å². The first kappa shape index (κ1) is 16.7. The highest BCUT2D eigenvalue weighted by Crippen LogP contribution is 2.36. The van der Waals surface area contributed by atoms with Crippen molar-refractivity contribution in [3.8, 4) is 0 Å². The molecule has 0 amide bonds. The van der Waals surface area contributed by atoms with Gasteiger partial charge >= 0.3 is 0 Å². The molecular weight excluding hydrogens is 282 g/mol. The summed E-state index contributed by atoms with van der Waals surface area (Å²) in [4.78, 5) is 8.73. The SMILES string of the molecule is CCC1CCC(C)N1c1nc(COC)c(CNC(C)C)s1. The summed E-state index contributed by atoms with van der Waals surface area (Å²) >= 11 is 1.83. The highest BCUT2D eigenvalue weighted by molar-refractivity contribution is 7.15. The third-order valence-electron chi connectivity index (χ3n) is 4.20. The fourth-order valence-electron chi connectivity index (χ4n) is 2.98. The third-order valence-corrected chi connectivity index (χ3v) is 5.31. The van der Waals surface area contributed by atoms with Crippen molar-refractivity contribution in [3.05, 3.63) is 10.6 Å². The smallest absolute Gasteiger partial charge is 0.186 e. The molecule has 4 nitrogen and oxygen atoms in total.